The van der Waals surface area contributed by atoms with Gasteiger partial charge in [-0.3, -0.25) is 4.79 Å². The molecule has 0 aliphatic carbocycles. The number of β-lactam (4-membered cyclic amide) rings is 1. The topological polar surface area (TPSA) is 58.6 Å². The normalized spacial score (nSPS) is 25.0. The summed E-state index contributed by atoms with van der Waals surface area (Å²) in [5, 5.41) is 10.8. The highest BCUT2D eigenvalue weighted by molar-refractivity contribution is 5.82. The summed E-state index contributed by atoms with van der Waals surface area (Å²) in [4.78, 5) is 10.2. The first-order valence-electron chi connectivity index (χ1n) is 2.85. The molecule has 0 spiro atoms. The third-order valence-corrected chi connectivity index (χ3v) is 1.10. The van der Waals surface area contributed by atoms with Crippen LogP contribution in [0.2, 0.25) is 0 Å². The number of hydrogen-bond donors (Lipinski definition) is 2. The molecule has 0 saturated carbocycles. The lowest BCUT2D eigenvalue weighted by atomic mass is 10.2. The first-order chi connectivity index (χ1) is 4.33. The minimum atomic E-state index is -0.148. The van der Waals surface area contributed by atoms with Gasteiger partial charge in [0.1, 0.15) is 6.23 Å². The van der Waals surface area contributed by atoms with Crippen molar-refractivity contribution in [3.8, 4) is 0 Å². The van der Waals surface area contributed by atoms with Gasteiger partial charge < -0.3 is 15.2 Å². The fourth-order valence-electron chi connectivity index (χ4n) is 0.622. The maximum Gasteiger partial charge on any atom is 0.226 e. The summed E-state index contributed by atoms with van der Waals surface area (Å²) in [5.74, 6) is 0.0120. The average Bonchev–Trinajstić information content (AvgIpc) is 1.78. The third-order valence-electron chi connectivity index (χ3n) is 1.10. The van der Waals surface area contributed by atoms with Gasteiger partial charge in [0.2, 0.25) is 5.91 Å². The Hall–Kier alpha value is -0.610. The lowest BCUT2D eigenvalue weighted by Crippen LogP contribution is -2.50. The minimum Gasteiger partial charge on any atom is -0.394 e. The molecule has 1 saturated heterocycles. The van der Waals surface area contributed by atoms with E-state index >= 15 is 0 Å². The molecule has 1 rings (SSSR count). The Kier molecular flexibility index (Phi) is 2.02. The molecule has 2 N–H and O–H groups in total. The van der Waals surface area contributed by atoms with Crippen molar-refractivity contribution in [3.05, 3.63) is 0 Å². The predicted molar refractivity (Wildman–Crippen MR) is 29.6 cm³/mol. The second-order valence-corrected chi connectivity index (χ2v) is 1.85. The Morgan fingerprint density at radius 2 is 2.56 bits per heavy atom. The van der Waals surface area contributed by atoms with Crippen LogP contribution in [0.15, 0.2) is 0 Å². The molecule has 4 nitrogen and oxygen atoms in total. The van der Waals surface area contributed by atoms with Gasteiger partial charge in [-0.1, -0.05) is 0 Å². The molecule has 0 bridgehead atoms. The highest BCUT2D eigenvalue weighted by Gasteiger charge is 2.24. The molecular weight excluding hydrogens is 122 g/mol. The van der Waals surface area contributed by atoms with E-state index in [4.69, 9.17) is 9.84 Å². The van der Waals surface area contributed by atoms with Crippen molar-refractivity contribution in [1.29, 1.82) is 0 Å². The van der Waals surface area contributed by atoms with Crippen molar-refractivity contribution >= 4 is 5.91 Å². The van der Waals surface area contributed by atoms with Crippen molar-refractivity contribution in [1.82, 2.24) is 5.32 Å². The Morgan fingerprint density at radius 3 is 3.00 bits per heavy atom. The second kappa shape index (κ2) is 2.80. The van der Waals surface area contributed by atoms with E-state index in [0.29, 0.717) is 13.0 Å². The zero-order chi connectivity index (χ0) is 6.69. The van der Waals surface area contributed by atoms with E-state index in [2.05, 4.69) is 5.32 Å². The summed E-state index contributed by atoms with van der Waals surface area (Å²) in [7, 11) is 0. The second-order valence-electron chi connectivity index (χ2n) is 1.85. The van der Waals surface area contributed by atoms with Crippen LogP contribution in [0, 0.1) is 0 Å². The molecule has 1 aliphatic heterocycles. The van der Waals surface area contributed by atoms with Gasteiger partial charge in [-0.05, 0) is 0 Å². The fourth-order valence-corrected chi connectivity index (χ4v) is 0.622. The van der Waals surface area contributed by atoms with Gasteiger partial charge in [0, 0.05) is 0 Å². The Labute approximate surface area is 52.8 Å². The van der Waals surface area contributed by atoms with E-state index < -0.39 is 0 Å². The first-order valence-corrected chi connectivity index (χ1v) is 2.85. The standard InChI is InChI=1S/C5H9NO3/c7-1-2-9-5-3-4(8)6-5/h5,7H,1-3H2,(H,6,8). The van der Waals surface area contributed by atoms with Gasteiger partial charge in [-0.25, -0.2) is 0 Å². The fraction of sp³-hybridized carbons (Fsp3) is 0.800. The molecule has 9 heavy (non-hydrogen) atoms. The minimum absolute atomic E-state index is 0.00632. The Morgan fingerprint density at radius 1 is 1.89 bits per heavy atom. The predicted octanol–water partition coefficient (Wildman–Crippen LogP) is -1.16. The van der Waals surface area contributed by atoms with Crippen LogP contribution in [-0.4, -0.2) is 30.5 Å². The van der Waals surface area contributed by atoms with Crippen LogP contribution in [0.1, 0.15) is 6.42 Å². The molecule has 0 aromatic carbocycles. The molecular formula is C5H9NO3. The smallest absolute Gasteiger partial charge is 0.226 e. The zero-order valence-corrected chi connectivity index (χ0v) is 4.96. The number of nitrogens with one attached hydrogen (secondary N) is 1. The molecule has 1 amide bonds. The van der Waals surface area contributed by atoms with Crippen molar-refractivity contribution in [2.75, 3.05) is 13.2 Å². The van der Waals surface area contributed by atoms with Crippen molar-refractivity contribution in [3.63, 3.8) is 0 Å². The number of carbonyl (C=O) groups is 1. The van der Waals surface area contributed by atoms with Gasteiger partial charge >= 0.3 is 0 Å². The number of amides is 1. The van der Waals surface area contributed by atoms with Crippen LogP contribution < -0.4 is 5.32 Å². The SMILES string of the molecule is O=C1CC(OCCO)N1. The van der Waals surface area contributed by atoms with Crippen molar-refractivity contribution < 1.29 is 14.6 Å². The quantitative estimate of drug-likeness (QED) is 0.475. The summed E-state index contributed by atoms with van der Waals surface area (Å²) in [6, 6.07) is 0. The largest absolute Gasteiger partial charge is 0.394 e. The maximum absolute atomic E-state index is 10.2. The van der Waals surface area contributed by atoms with Gasteiger partial charge in [0.15, 0.2) is 0 Å². The summed E-state index contributed by atoms with van der Waals surface area (Å²) < 4.78 is 4.92. The molecule has 1 heterocycles. The zero-order valence-electron chi connectivity index (χ0n) is 4.96. The van der Waals surface area contributed by atoms with Crippen LogP contribution >= 0.6 is 0 Å². The van der Waals surface area contributed by atoms with Crippen LogP contribution in [-0.2, 0) is 9.53 Å². The lowest BCUT2D eigenvalue weighted by molar-refractivity contribution is -0.141. The molecule has 1 aliphatic rings. The summed E-state index contributed by atoms with van der Waals surface area (Å²) in [6.07, 6.45) is 0.282. The van der Waals surface area contributed by atoms with Gasteiger partial charge in [-0.2, -0.15) is 0 Å². The average molecular weight is 131 g/mol. The van der Waals surface area contributed by atoms with E-state index in [1.54, 1.807) is 0 Å². The number of aliphatic hydroxyl groups excluding tert-OH is 1. The van der Waals surface area contributed by atoms with Crippen LogP contribution in [0.25, 0.3) is 0 Å². The third kappa shape index (κ3) is 1.65. The van der Waals surface area contributed by atoms with Crippen LogP contribution in [0.3, 0.4) is 0 Å². The number of ether oxygens (including phenoxy) is 1. The molecule has 1 atom stereocenters. The molecule has 52 valence electrons. The molecule has 1 unspecified atom stereocenters. The summed E-state index contributed by atoms with van der Waals surface area (Å²) in [5.41, 5.74) is 0. The molecule has 0 radical (unpaired) electrons. The Bertz CT molecular complexity index is 107. The number of hydrogen-bond acceptors (Lipinski definition) is 3. The Balaban J connectivity index is 1.97. The highest BCUT2D eigenvalue weighted by Crippen LogP contribution is 2.03. The monoisotopic (exact) mass is 131 g/mol. The maximum atomic E-state index is 10.2. The van der Waals surface area contributed by atoms with E-state index in [0.717, 1.165) is 0 Å². The van der Waals surface area contributed by atoms with Gasteiger partial charge in [0.25, 0.3) is 0 Å². The molecule has 4 heteroatoms. The van der Waals surface area contributed by atoms with E-state index in [9.17, 15) is 4.79 Å². The van der Waals surface area contributed by atoms with Gasteiger partial charge in [0.05, 0.1) is 19.6 Å². The summed E-state index contributed by atoms with van der Waals surface area (Å²) in [6.45, 7) is 0.303. The van der Waals surface area contributed by atoms with Crippen LogP contribution in [0.5, 0.6) is 0 Å². The number of aliphatic hydroxyl groups is 1. The highest BCUT2D eigenvalue weighted by atomic mass is 16.5. The number of carbonyl (C=O) groups excluding carboxylic acids is 1. The van der Waals surface area contributed by atoms with Gasteiger partial charge in [-0.15, -0.1) is 0 Å². The molecule has 0 aromatic rings. The van der Waals surface area contributed by atoms with Crippen molar-refractivity contribution in [2.24, 2.45) is 0 Å². The first kappa shape index (κ1) is 6.51. The number of rotatable bonds is 3. The lowest BCUT2D eigenvalue weighted by Gasteiger charge is -2.26. The van der Waals surface area contributed by atoms with E-state index in [-0.39, 0.29) is 18.7 Å². The van der Waals surface area contributed by atoms with Crippen molar-refractivity contribution in [2.45, 2.75) is 12.6 Å². The van der Waals surface area contributed by atoms with E-state index in [1.807, 2.05) is 0 Å². The van der Waals surface area contributed by atoms with E-state index in [1.165, 1.54) is 0 Å². The summed E-state index contributed by atoms with van der Waals surface area (Å²) >= 11 is 0. The van der Waals surface area contributed by atoms with Crippen LogP contribution in [0.4, 0.5) is 0 Å². The molecule has 0 aromatic heterocycles. The molecule has 1 fully saturated rings.